The minimum absolute atomic E-state index is 0.216. The number of amides is 1. The number of halogens is 1. The molecule has 3 rings (SSSR count). The molecule has 0 radical (unpaired) electrons. The maximum absolute atomic E-state index is 12.3. The molecule has 1 amide bonds. The lowest BCUT2D eigenvalue weighted by Gasteiger charge is -2.08. The number of hydrogen-bond acceptors (Lipinski definition) is 2. The zero-order chi connectivity index (χ0) is 14.8. The molecule has 0 spiro atoms. The van der Waals surface area contributed by atoms with Gasteiger partial charge in [0.25, 0.3) is 5.91 Å². The molecular weight excluding hydrogens is 328 g/mol. The number of aromatic nitrogens is 1. The Hall–Kier alpha value is -2.20. The van der Waals surface area contributed by atoms with E-state index in [1.165, 1.54) is 0 Å². The molecular formula is C17H13BrN2O. The van der Waals surface area contributed by atoms with Crippen molar-refractivity contribution in [2.75, 3.05) is 5.32 Å². The number of rotatable bonds is 2. The lowest BCUT2D eigenvalue weighted by Crippen LogP contribution is -2.14. The van der Waals surface area contributed by atoms with Crippen LogP contribution in [-0.4, -0.2) is 10.9 Å². The van der Waals surface area contributed by atoms with E-state index < -0.39 is 0 Å². The maximum atomic E-state index is 12.3. The van der Waals surface area contributed by atoms with E-state index in [2.05, 4.69) is 26.2 Å². The Bertz CT molecular complexity index is 830. The monoisotopic (exact) mass is 340 g/mol. The van der Waals surface area contributed by atoms with Gasteiger partial charge in [0.15, 0.2) is 0 Å². The number of carbonyl (C=O) groups is 1. The summed E-state index contributed by atoms with van der Waals surface area (Å²) >= 11 is 3.44. The highest BCUT2D eigenvalue weighted by Crippen LogP contribution is 2.24. The fourth-order valence-electron chi connectivity index (χ4n) is 2.11. The molecule has 104 valence electrons. The highest BCUT2D eigenvalue weighted by Gasteiger charge is 2.10. The molecule has 0 aliphatic carbocycles. The Morgan fingerprint density at radius 2 is 1.90 bits per heavy atom. The van der Waals surface area contributed by atoms with E-state index in [0.29, 0.717) is 5.69 Å². The van der Waals surface area contributed by atoms with Gasteiger partial charge in [0, 0.05) is 9.86 Å². The molecule has 0 saturated heterocycles. The van der Waals surface area contributed by atoms with Crippen molar-refractivity contribution in [2.45, 2.75) is 6.92 Å². The normalized spacial score (nSPS) is 10.6. The van der Waals surface area contributed by atoms with Crippen LogP contribution in [0.3, 0.4) is 0 Å². The van der Waals surface area contributed by atoms with E-state index in [9.17, 15) is 4.79 Å². The fourth-order valence-corrected chi connectivity index (χ4v) is 2.46. The average molecular weight is 341 g/mol. The number of pyridine rings is 1. The standard InChI is InChI=1S/C17H13BrN2O/c1-11-6-8-13(18)16(10-11)20-17(21)15-9-7-12-4-2-3-5-14(12)19-15/h2-10H,1H3,(H,20,21). The van der Waals surface area contributed by atoms with Gasteiger partial charge in [-0.1, -0.05) is 30.3 Å². The third-order valence-electron chi connectivity index (χ3n) is 3.20. The van der Waals surface area contributed by atoms with Crippen LogP contribution in [0.4, 0.5) is 5.69 Å². The molecule has 0 atom stereocenters. The van der Waals surface area contributed by atoms with E-state index >= 15 is 0 Å². The molecule has 0 saturated carbocycles. The van der Waals surface area contributed by atoms with Crippen molar-refractivity contribution in [2.24, 2.45) is 0 Å². The van der Waals surface area contributed by atoms with Crippen LogP contribution in [-0.2, 0) is 0 Å². The average Bonchev–Trinajstić information content (AvgIpc) is 2.50. The van der Waals surface area contributed by atoms with Gasteiger partial charge in [0.1, 0.15) is 5.69 Å². The summed E-state index contributed by atoms with van der Waals surface area (Å²) in [6.07, 6.45) is 0. The minimum Gasteiger partial charge on any atom is -0.320 e. The number of hydrogen-bond donors (Lipinski definition) is 1. The van der Waals surface area contributed by atoms with E-state index in [0.717, 1.165) is 26.6 Å². The highest BCUT2D eigenvalue weighted by atomic mass is 79.9. The summed E-state index contributed by atoms with van der Waals surface area (Å²) < 4.78 is 0.849. The number of fused-ring (bicyclic) bond motifs is 1. The summed E-state index contributed by atoms with van der Waals surface area (Å²) in [5.41, 5.74) is 3.05. The fraction of sp³-hybridized carbons (Fsp3) is 0.0588. The molecule has 1 aromatic heterocycles. The first kappa shape index (κ1) is 13.8. The van der Waals surface area contributed by atoms with E-state index in [1.54, 1.807) is 6.07 Å². The number of para-hydroxylation sites is 1. The molecule has 3 aromatic rings. The number of benzene rings is 2. The van der Waals surface area contributed by atoms with Crippen molar-refractivity contribution in [3.63, 3.8) is 0 Å². The molecule has 1 N–H and O–H groups in total. The molecule has 0 bridgehead atoms. The minimum atomic E-state index is -0.216. The summed E-state index contributed by atoms with van der Waals surface area (Å²) in [6.45, 7) is 1.98. The van der Waals surface area contributed by atoms with Crippen molar-refractivity contribution in [1.29, 1.82) is 0 Å². The Morgan fingerprint density at radius 1 is 1.10 bits per heavy atom. The zero-order valence-electron chi connectivity index (χ0n) is 11.4. The summed E-state index contributed by atoms with van der Waals surface area (Å²) in [6, 6.07) is 17.2. The number of nitrogens with one attached hydrogen (secondary N) is 1. The van der Waals surface area contributed by atoms with E-state index in [4.69, 9.17) is 0 Å². The van der Waals surface area contributed by atoms with Crippen molar-refractivity contribution in [3.8, 4) is 0 Å². The Morgan fingerprint density at radius 3 is 2.76 bits per heavy atom. The predicted octanol–water partition coefficient (Wildman–Crippen LogP) is 4.56. The second-order valence-corrected chi connectivity index (χ2v) is 5.68. The first-order valence-corrected chi connectivity index (χ1v) is 7.36. The zero-order valence-corrected chi connectivity index (χ0v) is 13.0. The van der Waals surface area contributed by atoms with E-state index in [-0.39, 0.29) is 5.91 Å². The number of nitrogens with zero attached hydrogens (tertiary/aromatic N) is 1. The van der Waals surface area contributed by atoms with Crippen LogP contribution < -0.4 is 5.32 Å². The van der Waals surface area contributed by atoms with Crippen LogP contribution in [0.1, 0.15) is 16.1 Å². The number of carbonyl (C=O) groups excluding carboxylic acids is 1. The lowest BCUT2D eigenvalue weighted by atomic mass is 10.2. The summed E-state index contributed by atoms with van der Waals surface area (Å²) in [7, 11) is 0. The van der Waals surface area contributed by atoms with Gasteiger partial charge in [-0.05, 0) is 52.7 Å². The van der Waals surface area contributed by atoms with Gasteiger partial charge in [0.2, 0.25) is 0 Å². The Balaban J connectivity index is 1.91. The molecule has 0 unspecified atom stereocenters. The van der Waals surface area contributed by atoms with Crippen molar-refractivity contribution >= 4 is 38.4 Å². The Labute approximate surface area is 131 Å². The quantitative estimate of drug-likeness (QED) is 0.743. The molecule has 2 aromatic carbocycles. The van der Waals surface area contributed by atoms with Crippen molar-refractivity contribution in [1.82, 2.24) is 4.98 Å². The lowest BCUT2D eigenvalue weighted by molar-refractivity contribution is 0.102. The molecule has 1 heterocycles. The smallest absolute Gasteiger partial charge is 0.274 e. The van der Waals surface area contributed by atoms with Crippen LogP contribution in [0.2, 0.25) is 0 Å². The third kappa shape index (κ3) is 2.95. The van der Waals surface area contributed by atoms with Crippen LogP contribution in [0.25, 0.3) is 10.9 Å². The first-order valence-electron chi connectivity index (χ1n) is 6.57. The van der Waals surface area contributed by atoms with Crippen molar-refractivity contribution in [3.05, 3.63) is 70.3 Å². The number of aryl methyl sites for hydroxylation is 1. The molecule has 21 heavy (non-hydrogen) atoms. The predicted molar refractivity (Wildman–Crippen MR) is 88.6 cm³/mol. The first-order chi connectivity index (χ1) is 10.1. The summed E-state index contributed by atoms with van der Waals surface area (Å²) in [5.74, 6) is -0.216. The summed E-state index contributed by atoms with van der Waals surface area (Å²) in [4.78, 5) is 16.7. The van der Waals surface area contributed by atoms with Gasteiger partial charge < -0.3 is 5.32 Å². The van der Waals surface area contributed by atoms with Crippen LogP contribution in [0.15, 0.2) is 59.1 Å². The summed E-state index contributed by atoms with van der Waals surface area (Å²) in [5, 5.41) is 3.90. The van der Waals surface area contributed by atoms with Crippen LogP contribution in [0.5, 0.6) is 0 Å². The van der Waals surface area contributed by atoms with Gasteiger partial charge >= 0.3 is 0 Å². The topological polar surface area (TPSA) is 42.0 Å². The van der Waals surface area contributed by atoms with Gasteiger partial charge in [-0.2, -0.15) is 0 Å². The molecule has 3 nitrogen and oxygen atoms in total. The van der Waals surface area contributed by atoms with Gasteiger partial charge in [-0.25, -0.2) is 4.98 Å². The van der Waals surface area contributed by atoms with E-state index in [1.807, 2.05) is 55.5 Å². The molecule has 0 aliphatic heterocycles. The second kappa shape index (κ2) is 5.66. The van der Waals surface area contributed by atoms with Gasteiger partial charge in [0.05, 0.1) is 11.2 Å². The largest absolute Gasteiger partial charge is 0.320 e. The van der Waals surface area contributed by atoms with Gasteiger partial charge in [-0.3, -0.25) is 4.79 Å². The van der Waals surface area contributed by atoms with Crippen LogP contribution >= 0.6 is 15.9 Å². The molecule has 4 heteroatoms. The number of anilines is 1. The Kier molecular flexibility index (Phi) is 3.71. The van der Waals surface area contributed by atoms with Gasteiger partial charge in [-0.15, -0.1) is 0 Å². The van der Waals surface area contributed by atoms with Crippen LogP contribution in [0, 0.1) is 6.92 Å². The molecule has 0 aliphatic rings. The van der Waals surface area contributed by atoms with Crippen molar-refractivity contribution < 1.29 is 4.79 Å². The molecule has 0 fully saturated rings. The SMILES string of the molecule is Cc1ccc(Br)c(NC(=O)c2ccc3ccccc3n2)c1. The third-order valence-corrected chi connectivity index (χ3v) is 3.89. The highest BCUT2D eigenvalue weighted by molar-refractivity contribution is 9.10. The maximum Gasteiger partial charge on any atom is 0.274 e. The second-order valence-electron chi connectivity index (χ2n) is 4.83.